The number of amides is 1. The Bertz CT molecular complexity index is 674. The van der Waals surface area contributed by atoms with Gasteiger partial charge in [0.05, 0.1) is 25.5 Å². The quantitative estimate of drug-likeness (QED) is 0.612. The number of aromatic nitrogens is 1. The van der Waals surface area contributed by atoms with Crippen LogP contribution in [0.25, 0.3) is 0 Å². The van der Waals surface area contributed by atoms with E-state index in [4.69, 9.17) is 16.3 Å². The van der Waals surface area contributed by atoms with Crippen molar-refractivity contribution >= 4 is 29.4 Å². The number of carbonyl (C=O) groups is 3. The Balaban J connectivity index is 2.60. The number of halogens is 1. The van der Waals surface area contributed by atoms with Gasteiger partial charge >= 0.3 is 11.9 Å². The summed E-state index contributed by atoms with van der Waals surface area (Å²) >= 11 is 6.05. The Kier molecular flexibility index (Phi) is 4.37. The van der Waals surface area contributed by atoms with Crippen LogP contribution in [0.5, 0.6) is 0 Å². The average Bonchev–Trinajstić information content (AvgIpc) is 2.76. The van der Waals surface area contributed by atoms with Crippen LogP contribution >= 0.6 is 11.6 Å². The van der Waals surface area contributed by atoms with Gasteiger partial charge in [0.25, 0.3) is 5.91 Å². The highest BCUT2D eigenvalue weighted by Crippen LogP contribution is 2.37. The fourth-order valence-electron chi connectivity index (χ4n) is 2.37. The van der Waals surface area contributed by atoms with Crippen LogP contribution in [0, 0.1) is 13.8 Å². The summed E-state index contributed by atoms with van der Waals surface area (Å²) in [4.78, 5) is 41.4. The van der Waals surface area contributed by atoms with Crippen molar-refractivity contribution in [2.24, 2.45) is 0 Å². The fourth-order valence-corrected chi connectivity index (χ4v) is 2.61. The van der Waals surface area contributed by atoms with Crippen molar-refractivity contribution in [3.05, 3.63) is 27.5 Å². The molecule has 7 nitrogen and oxygen atoms in total. The first-order chi connectivity index (χ1) is 10.3. The molecular formula is C14H15ClN2O5. The summed E-state index contributed by atoms with van der Waals surface area (Å²) in [5.41, 5.74) is 1.76. The third-order valence-corrected chi connectivity index (χ3v) is 4.09. The van der Waals surface area contributed by atoms with E-state index in [1.807, 2.05) is 0 Å². The van der Waals surface area contributed by atoms with Gasteiger partial charge in [0.1, 0.15) is 11.7 Å². The van der Waals surface area contributed by atoms with Crippen molar-refractivity contribution in [1.82, 2.24) is 9.88 Å². The number of nitrogens with zero attached hydrogens (tertiary/aromatic N) is 2. The van der Waals surface area contributed by atoms with Crippen molar-refractivity contribution in [3.8, 4) is 0 Å². The zero-order valence-corrected chi connectivity index (χ0v) is 13.4. The molecule has 1 unspecified atom stereocenters. The van der Waals surface area contributed by atoms with Gasteiger partial charge in [-0.1, -0.05) is 11.6 Å². The lowest BCUT2D eigenvalue weighted by Gasteiger charge is -2.21. The van der Waals surface area contributed by atoms with Crippen LogP contribution in [0.2, 0.25) is 5.15 Å². The second-order valence-corrected chi connectivity index (χ2v) is 5.21. The second kappa shape index (κ2) is 5.92. The highest BCUT2D eigenvalue weighted by atomic mass is 35.5. The Hall–Kier alpha value is -2.15. The molecule has 1 aliphatic rings. The molecule has 2 rings (SSSR count). The molecule has 0 spiro atoms. The van der Waals surface area contributed by atoms with E-state index < -0.39 is 23.9 Å². The third kappa shape index (κ3) is 2.41. The zero-order valence-electron chi connectivity index (χ0n) is 12.6. The van der Waals surface area contributed by atoms with Crippen LogP contribution in [0.4, 0.5) is 0 Å². The lowest BCUT2D eigenvalue weighted by atomic mass is 10.0. The van der Waals surface area contributed by atoms with Crippen molar-refractivity contribution in [2.75, 3.05) is 20.8 Å². The maximum absolute atomic E-state index is 12.6. The van der Waals surface area contributed by atoms with Crippen LogP contribution in [0.3, 0.4) is 0 Å². The molecule has 2 heterocycles. The minimum absolute atomic E-state index is 0.203. The van der Waals surface area contributed by atoms with Gasteiger partial charge in [0.2, 0.25) is 0 Å². The maximum atomic E-state index is 12.6. The van der Waals surface area contributed by atoms with E-state index in [9.17, 15) is 14.4 Å². The van der Waals surface area contributed by atoms with E-state index in [1.54, 1.807) is 13.8 Å². The van der Waals surface area contributed by atoms with Gasteiger partial charge in [-0.25, -0.2) is 9.78 Å². The van der Waals surface area contributed by atoms with Gasteiger partial charge in [-0.05, 0) is 25.0 Å². The van der Waals surface area contributed by atoms with Crippen molar-refractivity contribution in [3.63, 3.8) is 0 Å². The summed E-state index contributed by atoms with van der Waals surface area (Å²) in [6, 6.07) is -1.11. The molecule has 118 valence electrons. The van der Waals surface area contributed by atoms with Gasteiger partial charge in [0.15, 0.2) is 6.04 Å². The van der Waals surface area contributed by atoms with Crippen LogP contribution < -0.4 is 0 Å². The molecule has 1 aromatic heterocycles. The Morgan fingerprint density at radius 1 is 1.23 bits per heavy atom. The number of ether oxygens (including phenoxy) is 2. The summed E-state index contributed by atoms with van der Waals surface area (Å²) in [5, 5.41) is 0.206. The average molecular weight is 327 g/mol. The lowest BCUT2D eigenvalue weighted by molar-refractivity contribution is -0.148. The van der Waals surface area contributed by atoms with Crippen molar-refractivity contribution in [1.29, 1.82) is 0 Å². The highest BCUT2D eigenvalue weighted by Gasteiger charge is 2.45. The predicted octanol–water partition coefficient (Wildman–Crippen LogP) is 1.19. The molecule has 1 aromatic rings. The Morgan fingerprint density at radius 2 is 1.86 bits per heavy atom. The molecular weight excluding hydrogens is 312 g/mol. The van der Waals surface area contributed by atoms with Crippen LogP contribution in [0.15, 0.2) is 0 Å². The van der Waals surface area contributed by atoms with Gasteiger partial charge in [-0.2, -0.15) is 0 Å². The number of carbonyl (C=O) groups excluding carboxylic acids is 3. The summed E-state index contributed by atoms with van der Waals surface area (Å²) in [6.07, 6.45) is 0. The molecule has 1 atom stereocenters. The molecule has 0 radical (unpaired) electrons. The number of methoxy groups -OCH3 is 2. The van der Waals surface area contributed by atoms with E-state index >= 15 is 0 Å². The summed E-state index contributed by atoms with van der Waals surface area (Å²) in [5.74, 6) is -1.81. The molecule has 1 amide bonds. The number of hydrogen-bond acceptors (Lipinski definition) is 6. The highest BCUT2D eigenvalue weighted by molar-refractivity contribution is 6.30. The van der Waals surface area contributed by atoms with Crippen LogP contribution in [-0.4, -0.2) is 48.5 Å². The van der Waals surface area contributed by atoms with Gasteiger partial charge in [0, 0.05) is 0 Å². The monoisotopic (exact) mass is 326 g/mol. The fraction of sp³-hybridized carbons (Fsp3) is 0.429. The maximum Gasteiger partial charge on any atom is 0.334 e. The van der Waals surface area contributed by atoms with Gasteiger partial charge < -0.3 is 14.4 Å². The van der Waals surface area contributed by atoms with Crippen LogP contribution in [-0.2, 0) is 19.1 Å². The first-order valence-corrected chi connectivity index (χ1v) is 6.83. The van der Waals surface area contributed by atoms with Crippen LogP contribution in [0.1, 0.15) is 33.2 Å². The van der Waals surface area contributed by atoms with Gasteiger partial charge in [-0.3, -0.25) is 9.59 Å². The SMILES string of the molecule is COC(=O)CN1C(=O)c2c(nc(Cl)c(C)c2C)C1C(=O)OC. The van der Waals surface area contributed by atoms with E-state index in [0.717, 1.165) is 4.90 Å². The molecule has 8 heteroatoms. The third-order valence-electron chi connectivity index (χ3n) is 3.72. The van der Waals surface area contributed by atoms with Gasteiger partial charge in [-0.15, -0.1) is 0 Å². The molecule has 0 N–H and O–H groups in total. The molecule has 0 aliphatic carbocycles. The molecule has 0 aromatic carbocycles. The van der Waals surface area contributed by atoms with Crippen molar-refractivity contribution < 1.29 is 23.9 Å². The Labute approximate surface area is 132 Å². The zero-order chi connectivity index (χ0) is 16.6. The minimum Gasteiger partial charge on any atom is -0.468 e. The minimum atomic E-state index is -1.11. The topological polar surface area (TPSA) is 85.8 Å². The lowest BCUT2D eigenvalue weighted by Crippen LogP contribution is -2.37. The first-order valence-electron chi connectivity index (χ1n) is 6.45. The molecule has 0 fully saturated rings. The molecule has 0 bridgehead atoms. The van der Waals surface area contributed by atoms with Crippen molar-refractivity contribution in [2.45, 2.75) is 19.9 Å². The standard InChI is InChI=1S/C14H15ClN2O5/c1-6-7(2)12(15)16-10-9(6)13(19)17(5-8(18)21-3)11(10)14(20)22-4/h11H,5H2,1-4H3. The Morgan fingerprint density at radius 3 is 2.41 bits per heavy atom. The second-order valence-electron chi connectivity index (χ2n) is 4.85. The van der Waals surface area contributed by atoms with E-state index in [-0.39, 0.29) is 23.0 Å². The smallest absolute Gasteiger partial charge is 0.334 e. The first kappa shape index (κ1) is 16.2. The van der Waals surface area contributed by atoms with E-state index in [0.29, 0.717) is 11.1 Å². The number of fused-ring (bicyclic) bond motifs is 1. The largest absolute Gasteiger partial charge is 0.468 e. The molecule has 1 aliphatic heterocycles. The molecule has 0 saturated carbocycles. The normalized spacial score (nSPS) is 16.5. The van der Waals surface area contributed by atoms with E-state index in [2.05, 4.69) is 9.72 Å². The molecule has 0 saturated heterocycles. The number of pyridine rings is 1. The van der Waals surface area contributed by atoms with E-state index in [1.165, 1.54) is 14.2 Å². The summed E-state index contributed by atoms with van der Waals surface area (Å²) in [7, 11) is 2.40. The summed E-state index contributed by atoms with van der Waals surface area (Å²) in [6.45, 7) is 3.07. The number of esters is 2. The predicted molar refractivity (Wildman–Crippen MR) is 76.5 cm³/mol. The number of rotatable bonds is 3. The summed E-state index contributed by atoms with van der Waals surface area (Å²) < 4.78 is 9.29. The number of hydrogen-bond donors (Lipinski definition) is 0. The molecule has 22 heavy (non-hydrogen) atoms.